The lowest BCUT2D eigenvalue weighted by molar-refractivity contribution is 0.376. The second-order valence-electron chi connectivity index (χ2n) is 3.65. The number of pyridine rings is 1. The van der Waals surface area contributed by atoms with Crippen molar-refractivity contribution in [1.29, 1.82) is 0 Å². The molecule has 88 valence electrons. The smallest absolute Gasteiger partial charge is 0.138 e. The fourth-order valence-corrected chi connectivity index (χ4v) is 2.15. The summed E-state index contributed by atoms with van der Waals surface area (Å²) in [7, 11) is 0. The predicted octanol–water partition coefficient (Wildman–Crippen LogP) is 2.97. The molecule has 0 atom stereocenters. The molecule has 1 aromatic carbocycles. The lowest BCUT2D eigenvalue weighted by Crippen LogP contribution is -2.17. The lowest BCUT2D eigenvalue weighted by Gasteiger charge is -2.09. The molecule has 0 aliphatic heterocycles. The molecular formula is C12H11BrN2OS. The van der Waals surface area contributed by atoms with Gasteiger partial charge in [-0.25, -0.2) is 0 Å². The summed E-state index contributed by atoms with van der Waals surface area (Å²) < 4.78 is 6.37. The minimum Gasteiger partial charge on any atom is -0.485 e. The molecule has 17 heavy (non-hydrogen) atoms. The summed E-state index contributed by atoms with van der Waals surface area (Å²) >= 11 is 8.28. The van der Waals surface area contributed by atoms with Gasteiger partial charge in [0.2, 0.25) is 0 Å². The van der Waals surface area contributed by atoms with E-state index in [4.69, 9.17) is 22.7 Å². The maximum absolute atomic E-state index is 5.50. The number of fused-ring (bicyclic) bond motifs is 1. The first kappa shape index (κ1) is 12.3. The van der Waals surface area contributed by atoms with Crippen molar-refractivity contribution >= 4 is 44.0 Å². The molecule has 0 spiro atoms. The zero-order valence-corrected chi connectivity index (χ0v) is 11.6. The van der Waals surface area contributed by atoms with Crippen LogP contribution in [0.15, 0.2) is 28.7 Å². The standard InChI is InChI=1S/C12H11BrN2OS/c1-7-2-3-8-9(15-7)4-5-10(12(8)13)16-6-11(14)17/h2-5H,6H2,1H3,(H2,14,17). The Morgan fingerprint density at radius 1 is 1.41 bits per heavy atom. The number of aromatic nitrogens is 1. The minimum absolute atomic E-state index is 0.235. The maximum Gasteiger partial charge on any atom is 0.138 e. The molecule has 3 nitrogen and oxygen atoms in total. The van der Waals surface area contributed by atoms with Crippen molar-refractivity contribution in [3.05, 3.63) is 34.4 Å². The van der Waals surface area contributed by atoms with Crippen molar-refractivity contribution in [2.24, 2.45) is 5.73 Å². The highest BCUT2D eigenvalue weighted by Gasteiger charge is 2.07. The number of ether oxygens (including phenoxy) is 1. The third-order valence-corrected chi connectivity index (χ3v) is 3.22. The summed E-state index contributed by atoms with van der Waals surface area (Å²) in [5.41, 5.74) is 7.32. The molecule has 0 aliphatic carbocycles. The zero-order chi connectivity index (χ0) is 12.4. The highest BCUT2D eigenvalue weighted by Crippen LogP contribution is 2.32. The van der Waals surface area contributed by atoms with Crippen molar-refractivity contribution in [2.45, 2.75) is 6.92 Å². The largest absolute Gasteiger partial charge is 0.485 e. The number of nitrogens with zero attached hydrogens (tertiary/aromatic N) is 1. The number of hydrogen-bond donors (Lipinski definition) is 1. The number of aryl methyl sites for hydroxylation is 1. The van der Waals surface area contributed by atoms with E-state index in [9.17, 15) is 0 Å². The van der Waals surface area contributed by atoms with Gasteiger partial charge < -0.3 is 10.5 Å². The third kappa shape index (κ3) is 2.73. The highest BCUT2D eigenvalue weighted by molar-refractivity contribution is 9.10. The van der Waals surface area contributed by atoms with Gasteiger partial charge in [-0.3, -0.25) is 4.98 Å². The van der Waals surface area contributed by atoms with E-state index in [2.05, 4.69) is 20.9 Å². The Hall–Kier alpha value is -1.20. The van der Waals surface area contributed by atoms with E-state index in [1.165, 1.54) is 0 Å². The van der Waals surface area contributed by atoms with Gasteiger partial charge in [0.25, 0.3) is 0 Å². The van der Waals surface area contributed by atoms with E-state index in [0.29, 0.717) is 4.99 Å². The number of hydrogen-bond acceptors (Lipinski definition) is 3. The van der Waals surface area contributed by atoms with E-state index in [-0.39, 0.29) is 6.61 Å². The van der Waals surface area contributed by atoms with Crippen LogP contribution in [0.4, 0.5) is 0 Å². The Balaban J connectivity index is 2.43. The van der Waals surface area contributed by atoms with Crippen LogP contribution in [0.1, 0.15) is 5.69 Å². The fraction of sp³-hybridized carbons (Fsp3) is 0.167. The van der Waals surface area contributed by atoms with Crippen molar-refractivity contribution in [1.82, 2.24) is 4.98 Å². The van der Waals surface area contributed by atoms with Gasteiger partial charge in [0.05, 0.1) is 9.99 Å². The van der Waals surface area contributed by atoms with E-state index in [1.807, 2.05) is 31.2 Å². The summed E-state index contributed by atoms with van der Waals surface area (Å²) in [5.74, 6) is 0.718. The summed E-state index contributed by atoms with van der Waals surface area (Å²) in [6.07, 6.45) is 0. The summed E-state index contributed by atoms with van der Waals surface area (Å²) in [4.78, 5) is 4.77. The van der Waals surface area contributed by atoms with Gasteiger partial charge in [-0.1, -0.05) is 12.2 Å². The molecule has 5 heteroatoms. The van der Waals surface area contributed by atoms with E-state index >= 15 is 0 Å². The van der Waals surface area contributed by atoms with Crippen molar-refractivity contribution < 1.29 is 4.74 Å². The molecule has 1 aromatic heterocycles. The van der Waals surface area contributed by atoms with Gasteiger partial charge in [0.1, 0.15) is 17.3 Å². The summed E-state index contributed by atoms with van der Waals surface area (Å²) in [6, 6.07) is 7.75. The van der Waals surface area contributed by atoms with Crippen LogP contribution in [0.2, 0.25) is 0 Å². The second kappa shape index (κ2) is 4.98. The normalized spacial score (nSPS) is 10.5. The van der Waals surface area contributed by atoms with Crippen LogP contribution < -0.4 is 10.5 Å². The van der Waals surface area contributed by atoms with E-state index in [1.54, 1.807) is 0 Å². The molecule has 2 aromatic rings. The number of benzene rings is 1. The number of nitrogens with two attached hydrogens (primary N) is 1. The Morgan fingerprint density at radius 3 is 2.88 bits per heavy atom. The first-order valence-electron chi connectivity index (χ1n) is 5.05. The van der Waals surface area contributed by atoms with Crippen LogP contribution in [0, 0.1) is 6.92 Å². The fourth-order valence-electron chi connectivity index (χ4n) is 1.51. The lowest BCUT2D eigenvalue weighted by atomic mass is 10.2. The van der Waals surface area contributed by atoms with Crippen molar-refractivity contribution in [2.75, 3.05) is 6.61 Å². The maximum atomic E-state index is 5.50. The van der Waals surface area contributed by atoms with E-state index < -0.39 is 0 Å². The van der Waals surface area contributed by atoms with Crippen LogP contribution >= 0.6 is 28.1 Å². The average molecular weight is 311 g/mol. The summed E-state index contributed by atoms with van der Waals surface area (Å²) in [5, 5.41) is 1.01. The SMILES string of the molecule is Cc1ccc2c(Br)c(OCC(N)=S)ccc2n1. The monoisotopic (exact) mass is 310 g/mol. The van der Waals surface area contributed by atoms with E-state index in [0.717, 1.165) is 26.8 Å². The average Bonchev–Trinajstić information content (AvgIpc) is 2.27. The van der Waals surface area contributed by atoms with Gasteiger partial charge in [-0.05, 0) is 47.1 Å². The quantitative estimate of drug-likeness (QED) is 0.885. The zero-order valence-electron chi connectivity index (χ0n) is 9.24. The van der Waals surface area contributed by atoms with Gasteiger partial charge >= 0.3 is 0 Å². The molecule has 0 aliphatic rings. The molecule has 1 heterocycles. The Morgan fingerprint density at radius 2 is 2.18 bits per heavy atom. The predicted molar refractivity (Wildman–Crippen MR) is 76.5 cm³/mol. The number of thiocarbonyl (C=S) groups is 1. The third-order valence-electron chi connectivity index (χ3n) is 2.28. The first-order valence-corrected chi connectivity index (χ1v) is 6.25. The van der Waals surface area contributed by atoms with Crippen molar-refractivity contribution in [3.63, 3.8) is 0 Å². The van der Waals surface area contributed by atoms with Gasteiger partial charge in [-0.15, -0.1) is 0 Å². The molecule has 2 N–H and O–H groups in total. The van der Waals surface area contributed by atoms with Crippen LogP contribution in [0.3, 0.4) is 0 Å². The summed E-state index contributed by atoms with van der Waals surface area (Å²) in [6.45, 7) is 2.20. The van der Waals surface area contributed by atoms with Crippen LogP contribution in [0.25, 0.3) is 10.9 Å². The van der Waals surface area contributed by atoms with Gasteiger partial charge in [-0.2, -0.15) is 0 Å². The molecule has 0 bridgehead atoms. The minimum atomic E-state index is 0.235. The van der Waals surface area contributed by atoms with Crippen LogP contribution in [-0.4, -0.2) is 16.6 Å². The molecule has 0 saturated carbocycles. The highest BCUT2D eigenvalue weighted by atomic mass is 79.9. The van der Waals surface area contributed by atoms with Crippen LogP contribution in [-0.2, 0) is 0 Å². The molecule has 0 radical (unpaired) electrons. The second-order valence-corrected chi connectivity index (χ2v) is 4.97. The Kier molecular flexibility index (Phi) is 3.59. The Bertz CT molecular complexity index is 586. The Labute approximate surface area is 113 Å². The molecule has 2 rings (SSSR count). The molecule has 0 amide bonds. The molecule has 0 saturated heterocycles. The van der Waals surface area contributed by atoms with Crippen molar-refractivity contribution in [3.8, 4) is 5.75 Å². The van der Waals surface area contributed by atoms with Crippen LogP contribution in [0.5, 0.6) is 5.75 Å². The van der Waals surface area contributed by atoms with Gasteiger partial charge in [0.15, 0.2) is 0 Å². The van der Waals surface area contributed by atoms with Gasteiger partial charge in [0, 0.05) is 11.1 Å². The molecule has 0 unspecified atom stereocenters. The molecular weight excluding hydrogens is 300 g/mol. The number of halogens is 1. The number of rotatable bonds is 3. The first-order chi connectivity index (χ1) is 8.08. The topological polar surface area (TPSA) is 48.1 Å². The molecule has 0 fully saturated rings.